The quantitative estimate of drug-likeness (QED) is 0.650. The summed E-state index contributed by atoms with van der Waals surface area (Å²) < 4.78 is 5.72. The first-order valence-electron chi connectivity index (χ1n) is 9.94. The van der Waals surface area contributed by atoms with E-state index in [1.807, 2.05) is 37.3 Å². The van der Waals surface area contributed by atoms with Gasteiger partial charge in [-0.1, -0.05) is 12.1 Å². The van der Waals surface area contributed by atoms with Crippen molar-refractivity contribution < 1.29 is 14.3 Å². The average molecular weight is 424 g/mol. The molecular weight excluding hydrogens is 398 g/mol. The molecule has 2 amide bonds. The number of hydrogen-bond donors (Lipinski definition) is 1. The molecule has 156 valence electrons. The Kier molecular flexibility index (Phi) is 7.75. The Balaban J connectivity index is 1.43. The van der Waals surface area contributed by atoms with Crippen molar-refractivity contribution in [1.29, 1.82) is 5.26 Å². The Bertz CT molecular complexity index is 924. The van der Waals surface area contributed by atoms with E-state index in [4.69, 9.17) is 10.00 Å². The number of nitriles is 1. The van der Waals surface area contributed by atoms with Gasteiger partial charge in [0.25, 0.3) is 0 Å². The summed E-state index contributed by atoms with van der Waals surface area (Å²) in [6.07, 6.45) is 1.90. The van der Waals surface area contributed by atoms with Crippen LogP contribution in [0.5, 0.6) is 5.75 Å². The first-order chi connectivity index (χ1) is 14.6. The minimum Gasteiger partial charge on any atom is -0.494 e. The van der Waals surface area contributed by atoms with Crippen LogP contribution in [0.2, 0.25) is 0 Å². The molecule has 7 heteroatoms. The van der Waals surface area contributed by atoms with E-state index in [1.165, 1.54) is 0 Å². The topological polar surface area (TPSA) is 82.4 Å². The molecule has 1 heterocycles. The summed E-state index contributed by atoms with van der Waals surface area (Å²) >= 11 is 1.58. The van der Waals surface area contributed by atoms with Crippen LogP contribution in [0.3, 0.4) is 0 Å². The number of carbonyl (C=O) groups excluding carboxylic acids is 2. The van der Waals surface area contributed by atoms with Crippen LogP contribution in [0.1, 0.15) is 30.4 Å². The maximum absolute atomic E-state index is 12.6. The van der Waals surface area contributed by atoms with Crippen molar-refractivity contribution in [3.63, 3.8) is 0 Å². The Morgan fingerprint density at radius 3 is 2.77 bits per heavy atom. The Morgan fingerprint density at radius 1 is 1.23 bits per heavy atom. The fourth-order valence-electron chi connectivity index (χ4n) is 3.18. The van der Waals surface area contributed by atoms with Crippen molar-refractivity contribution in [3.05, 3.63) is 59.7 Å². The first-order valence-corrected chi connectivity index (χ1v) is 11.1. The molecule has 0 bridgehead atoms. The highest BCUT2D eigenvalue weighted by molar-refractivity contribution is 7.99. The van der Waals surface area contributed by atoms with Crippen LogP contribution in [0.15, 0.2) is 48.5 Å². The van der Waals surface area contributed by atoms with Crippen molar-refractivity contribution in [2.45, 2.75) is 32.2 Å². The third-order valence-corrected chi connectivity index (χ3v) is 5.84. The SMILES string of the molecule is Cc1cccc(OCCCCC(=O)N2CSCC2C(=O)Nc2ccc(C#N)cc2)c1. The van der Waals surface area contributed by atoms with Crippen LogP contribution in [0.25, 0.3) is 0 Å². The number of unbranched alkanes of at least 4 members (excludes halogenated alkanes) is 1. The predicted molar refractivity (Wildman–Crippen MR) is 118 cm³/mol. The fourth-order valence-corrected chi connectivity index (χ4v) is 4.36. The molecule has 0 aliphatic carbocycles. The number of thioether (sulfide) groups is 1. The molecule has 1 atom stereocenters. The molecule has 0 saturated carbocycles. The summed E-state index contributed by atoms with van der Waals surface area (Å²) in [6.45, 7) is 2.58. The van der Waals surface area contributed by atoms with Gasteiger partial charge in [0.2, 0.25) is 11.8 Å². The molecule has 3 rings (SSSR count). The zero-order chi connectivity index (χ0) is 21.3. The summed E-state index contributed by atoms with van der Waals surface area (Å²) in [5.41, 5.74) is 2.31. The number of nitrogens with one attached hydrogen (secondary N) is 1. The van der Waals surface area contributed by atoms with Crippen LogP contribution in [-0.2, 0) is 9.59 Å². The lowest BCUT2D eigenvalue weighted by molar-refractivity contribution is -0.136. The van der Waals surface area contributed by atoms with E-state index in [2.05, 4.69) is 5.32 Å². The van der Waals surface area contributed by atoms with E-state index >= 15 is 0 Å². The zero-order valence-electron chi connectivity index (χ0n) is 17.0. The highest BCUT2D eigenvalue weighted by Gasteiger charge is 2.34. The van der Waals surface area contributed by atoms with Gasteiger partial charge in [-0.05, 0) is 61.7 Å². The Labute approximate surface area is 181 Å². The molecule has 30 heavy (non-hydrogen) atoms. The number of anilines is 1. The van der Waals surface area contributed by atoms with E-state index in [-0.39, 0.29) is 11.8 Å². The van der Waals surface area contributed by atoms with E-state index in [0.29, 0.717) is 35.9 Å². The van der Waals surface area contributed by atoms with E-state index in [9.17, 15) is 9.59 Å². The molecule has 1 saturated heterocycles. The van der Waals surface area contributed by atoms with Gasteiger partial charge < -0.3 is 15.0 Å². The lowest BCUT2D eigenvalue weighted by Crippen LogP contribution is -2.44. The second-order valence-corrected chi connectivity index (χ2v) is 8.18. The van der Waals surface area contributed by atoms with Gasteiger partial charge in [0.05, 0.1) is 24.1 Å². The second kappa shape index (κ2) is 10.7. The van der Waals surface area contributed by atoms with Gasteiger partial charge in [0.15, 0.2) is 0 Å². The molecule has 1 aliphatic heterocycles. The van der Waals surface area contributed by atoms with Crippen molar-refractivity contribution in [3.8, 4) is 11.8 Å². The standard InChI is InChI=1S/C23H25N3O3S/c1-17-5-4-6-20(13-17)29-12-3-2-7-22(27)26-16-30-15-21(26)23(28)25-19-10-8-18(14-24)9-11-19/h4-6,8-11,13,21H,2-3,7,12,15-16H2,1H3,(H,25,28). The third kappa shape index (κ3) is 6.01. The minimum atomic E-state index is -0.471. The largest absolute Gasteiger partial charge is 0.494 e. The van der Waals surface area contributed by atoms with Crippen LogP contribution in [-0.4, -0.2) is 41.0 Å². The average Bonchev–Trinajstić information content (AvgIpc) is 3.24. The molecule has 0 radical (unpaired) electrons. The van der Waals surface area contributed by atoms with Gasteiger partial charge in [-0.2, -0.15) is 5.26 Å². The zero-order valence-corrected chi connectivity index (χ0v) is 17.8. The monoisotopic (exact) mass is 423 g/mol. The van der Waals surface area contributed by atoms with Gasteiger partial charge in [0.1, 0.15) is 11.8 Å². The lowest BCUT2D eigenvalue weighted by atomic mass is 10.2. The molecule has 1 N–H and O–H groups in total. The van der Waals surface area contributed by atoms with Crippen molar-refractivity contribution in [2.24, 2.45) is 0 Å². The van der Waals surface area contributed by atoms with Gasteiger partial charge in [-0.3, -0.25) is 9.59 Å². The molecule has 0 aromatic heterocycles. The number of hydrogen-bond acceptors (Lipinski definition) is 5. The highest BCUT2D eigenvalue weighted by atomic mass is 32.2. The summed E-state index contributed by atoms with van der Waals surface area (Å²) in [6, 6.07) is 16.2. The molecule has 6 nitrogen and oxygen atoms in total. The molecular formula is C23H25N3O3S. The summed E-state index contributed by atoms with van der Waals surface area (Å²) in [5.74, 6) is 1.77. The van der Waals surface area contributed by atoms with Crippen LogP contribution < -0.4 is 10.1 Å². The smallest absolute Gasteiger partial charge is 0.248 e. The number of amides is 2. The molecule has 1 unspecified atom stereocenters. The van der Waals surface area contributed by atoms with Gasteiger partial charge >= 0.3 is 0 Å². The lowest BCUT2D eigenvalue weighted by Gasteiger charge is -2.23. The Morgan fingerprint density at radius 2 is 2.03 bits per heavy atom. The van der Waals surface area contributed by atoms with Crippen molar-refractivity contribution in [2.75, 3.05) is 23.6 Å². The number of nitrogens with zero attached hydrogens (tertiary/aromatic N) is 2. The number of ether oxygens (including phenoxy) is 1. The van der Waals surface area contributed by atoms with Crippen LogP contribution in [0, 0.1) is 18.3 Å². The number of carbonyl (C=O) groups is 2. The molecule has 1 aliphatic rings. The summed E-state index contributed by atoms with van der Waals surface area (Å²) in [4.78, 5) is 26.9. The summed E-state index contributed by atoms with van der Waals surface area (Å²) in [7, 11) is 0. The highest BCUT2D eigenvalue weighted by Crippen LogP contribution is 2.24. The van der Waals surface area contributed by atoms with E-state index in [1.54, 1.807) is 40.9 Å². The van der Waals surface area contributed by atoms with E-state index < -0.39 is 6.04 Å². The minimum absolute atomic E-state index is 0.00414. The third-order valence-electron chi connectivity index (χ3n) is 4.83. The maximum atomic E-state index is 12.6. The predicted octanol–water partition coefficient (Wildman–Crippen LogP) is 3.96. The normalized spacial score (nSPS) is 15.5. The Hall–Kier alpha value is -2.98. The second-order valence-electron chi connectivity index (χ2n) is 7.18. The number of rotatable bonds is 8. The van der Waals surface area contributed by atoms with Gasteiger partial charge in [-0.15, -0.1) is 11.8 Å². The van der Waals surface area contributed by atoms with Crippen LogP contribution in [0.4, 0.5) is 5.69 Å². The van der Waals surface area contributed by atoms with Gasteiger partial charge in [-0.25, -0.2) is 0 Å². The van der Waals surface area contributed by atoms with Gasteiger partial charge in [0, 0.05) is 17.9 Å². The maximum Gasteiger partial charge on any atom is 0.248 e. The first kappa shape index (κ1) is 21.7. The number of aryl methyl sites for hydroxylation is 1. The molecule has 2 aromatic carbocycles. The van der Waals surface area contributed by atoms with Crippen molar-refractivity contribution in [1.82, 2.24) is 4.90 Å². The molecule has 1 fully saturated rings. The van der Waals surface area contributed by atoms with Crippen molar-refractivity contribution >= 4 is 29.3 Å². The molecule has 0 spiro atoms. The molecule has 2 aromatic rings. The van der Waals surface area contributed by atoms with E-state index in [0.717, 1.165) is 24.2 Å². The number of benzene rings is 2. The fraction of sp³-hybridized carbons (Fsp3) is 0.348. The van der Waals surface area contributed by atoms with Crippen LogP contribution >= 0.6 is 11.8 Å². The summed E-state index contributed by atoms with van der Waals surface area (Å²) in [5, 5.41) is 11.7.